The average Bonchev–Trinajstić information content (AvgIpc) is 2.55. The average molecular weight is 331 g/mol. The number of aryl methyl sites for hydroxylation is 2. The minimum absolute atomic E-state index is 0.0337. The summed E-state index contributed by atoms with van der Waals surface area (Å²) in [5, 5.41) is 9.88. The number of carbonyl (C=O) groups excluding carboxylic acids is 1. The Balaban J connectivity index is 1.93. The maximum absolute atomic E-state index is 11.9. The van der Waals surface area contributed by atoms with Gasteiger partial charge in [-0.25, -0.2) is 4.79 Å². The highest BCUT2D eigenvalue weighted by Gasteiger charge is 2.08. The highest BCUT2D eigenvalue weighted by Crippen LogP contribution is 2.18. The van der Waals surface area contributed by atoms with E-state index in [-0.39, 0.29) is 17.9 Å². The number of rotatable bonds is 7. The number of carbonyl (C=O) groups is 1. The maximum atomic E-state index is 11.9. The van der Waals surface area contributed by atoms with Crippen molar-refractivity contribution in [3.63, 3.8) is 0 Å². The molecule has 128 valence electrons. The van der Waals surface area contributed by atoms with Gasteiger partial charge in [0.15, 0.2) is 6.61 Å². The van der Waals surface area contributed by atoms with Crippen LogP contribution in [0.4, 0.5) is 0 Å². The van der Waals surface area contributed by atoms with Gasteiger partial charge in [0.1, 0.15) is 11.5 Å². The fourth-order valence-corrected chi connectivity index (χ4v) is 2.40. The molecule has 0 aliphatic carbocycles. The van der Waals surface area contributed by atoms with Crippen molar-refractivity contribution in [3.05, 3.63) is 57.5 Å². The Morgan fingerprint density at radius 2 is 2.04 bits per heavy atom. The zero-order valence-electron chi connectivity index (χ0n) is 13.8. The lowest BCUT2D eigenvalue weighted by molar-refractivity contribution is -0.142. The molecule has 0 saturated heterocycles. The van der Waals surface area contributed by atoms with Gasteiger partial charge in [0.25, 0.3) is 5.56 Å². The molecule has 1 heterocycles. The van der Waals surface area contributed by atoms with E-state index in [4.69, 9.17) is 4.74 Å². The number of pyridine rings is 1. The number of ether oxygens (including phenoxy) is 2. The van der Waals surface area contributed by atoms with Crippen molar-refractivity contribution in [2.45, 2.75) is 26.2 Å². The summed E-state index contributed by atoms with van der Waals surface area (Å²) in [6.07, 6.45) is 1.91. The largest absolute Gasteiger partial charge is 0.507 e. The van der Waals surface area contributed by atoms with Gasteiger partial charge >= 0.3 is 5.97 Å². The van der Waals surface area contributed by atoms with Crippen molar-refractivity contribution >= 4 is 5.97 Å². The Morgan fingerprint density at radius 1 is 1.25 bits per heavy atom. The lowest BCUT2D eigenvalue weighted by atomic mass is 10.0. The fraction of sp³-hybridized carbons (Fsp3) is 0.333. The van der Waals surface area contributed by atoms with Gasteiger partial charge in [-0.2, -0.15) is 0 Å². The Kier molecular flexibility index (Phi) is 6.01. The Bertz CT molecular complexity index is 766. The van der Waals surface area contributed by atoms with E-state index >= 15 is 0 Å². The smallest absolute Gasteiger partial charge is 0.343 e. The summed E-state index contributed by atoms with van der Waals surface area (Å²) >= 11 is 0. The first-order valence-electron chi connectivity index (χ1n) is 7.70. The van der Waals surface area contributed by atoms with Gasteiger partial charge in [-0.05, 0) is 49.9 Å². The highest BCUT2D eigenvalue weighted by molar-refractivity contribution is 5.70. The minimum atomic E-state index is -0.436. The van der Waals surface area contributed by atoms with Gasteiger partial charge in [0.05, 0.1) is 12.7 Å². The van der Waals surface area contributed by atoms with Gasteiger partial charge in [0, 0.05) is 5.69 Å². The molecule has 2 aromatic rings. The molecule has 24 heavy (non-hydrogen) atoms. The second kappa shape index (κ2) is 8.19. The molecule has 0 unspecified atom stereocenters. The monoisotopic (exact) mass is 331 g/mol. The van der Waals surface area contributed by atoms with Crippen molar-refractivity contribution in [2.75, 3.05) is 13.7 Å². The van der Waals surface area contributed by atoms with Crippen molar-refractivity contribution in [1.82, 2.24) is 4.98 Å². The van der Waals surface area contributed by atoms with E-state index in [9.17, 15) is 14.7 Å². The summed E-state index contributed by atoms with van der Waals surface area (Å²) < 4.78 is 9.87. The number of benzene rings is 1. The van der Waals surface area contributed by atoms with E-state index in [0.29, 0.717) is 29.8 Å². The predicted molar refractivity (Wildman–Crippen MR) is 89.4 cm³/mol. The van der Waals surface area contributed by atoms with E-state index in [2.05, 4.69) is 9.72 Å². The van der Waals surface area contributed by atoms with Crippen LogP contribution in [0.1, 0.15) is 23.2 Å². The molecule has 0 radical (unpaired) electrons. The standard InChI is InChI=1S/C18H21NO5/c1-12-9-16(20)15(18(22)19-12)8-4-6-13-5-3-7-14(10-13)24-11-17(21)23-2/h3,5,7,9-10H,4,6,8,11H2,1-2H3,(H2,19,20,22). The van der Waals surface area contributed by atoms with Crippen LogP contribution in [0.2, 0.25) is 0 Å². The first-order valence-corrected chi connectivity index (χ1v) is 7.70. The highest BCUT2D eigenvalue weighted by atomic mass is 16.6. The van der Waals surface area contributed by atoms with Gasteiger partial charge in [-0.3, -0.25) is 4.79 Å². The van der Waals surface area contributed by atoms with Crippen LogP contribution < -0.4 is 10.3 Å². The summed E-state index contributed by atoms with van der Waals surface area (Å²) in [4.78, 5) is 25.6. The molecule has 6 nitrogen and oxygen atoms in total. The van der Waals surface area contributed by atoms with Crippen LogP contribution in [0.25, 0.3) is 0 Å². The number of aromatic hydroxyl groups is 1. The molecular formula is C18H21NO5. The molecule has 0 fully saturated rings. The molecule has 0 amide bonds. The lowest BCUT2D eigenvalue weighted by Gasteiger charge is -2.08. The molecule has 0 atom stereocenters. The van der Waals surface area contributed by atoms with Gasteiger partial charge < -0.3 is 19.6 Å². The molecule has 0 saturated carbocycles. The second-order valence-electron chi connectivity index (χ2n) is 5.51. The van der Waals surface area contributed by atoms with Crippen molar-refractivity contribution in [3.8, 4) is 11.5 Å². The molecule has 0 aliphatic heterocycles. The van der Waals surface area contributed by atoms with Crippen LogP contribution in [0.5, 0.6) is 11.5 Å². The molecule has 0 spiro atoms. The zero-order valence-corrected chi connectivity index (χ0v) is 13.8. The molecular weight excluding hydrogens is 310 g/mol. The maximum Gasteiger partial charge on any atom is 0.343 e. The first-order chi connectivity index (χ1) is 11.5. The molecule has 0 bridgehead atoms. The number of methoxy groups -OCH3 is 1. The van der Waals surface area contributed by atoms with Gasteiger partial charge in [-0.1, -0.05) is 12.1 Å². The van der Waals surface area contributed by atoms with Crippen LogP contribution in [0.15, 0.2) is 35.1 Å². The number of nitrogens with one attached hydrogen (secondary N) is 1. The topological polar surface area (TPSA) is 88.6 Å². The quantitative estimate of drug-likeness (QED) is 0.759. The van der Waals surface area contributed by atoms with Crippen LogP contribution in [-0.2, 0) is 22.4 Å². The second-order valence-corrected chi connectivity index (χ2v) is 5.51. The minimum Gasteiger partial charge on any atom is -0.507 e. The fourth-order valence-electron chi connectivity index (χ4n) is 2.40. The van der Waals surface area contributed by atoms with E-state index in [0.717, 1.165) is 12.0 Å². The van der Waals surface area contributed by atoms with E-state index in [1.54, 1.807) is 19.1 Å². The van der Waals surface area contributed by atoms with Crippen molar-refractivity contribution in [2.24, 2.45) is 0 Å². The van der Waals surface area contributed by atoms with Crippen LogP contribution >= 0.6 is 0 Å². The first kappa shape index (κ1) is 17.6. The summed E-state index contributed by atoms with van der Waals surface area (Å²) in [5.74, 6) is 0.190. The third kappa shape index (κ3) is 4.87. The third-order valence-electron chi connectivity index (χ3n) is 3.62. The molecule has 1 aromatic heterocycles. The van der Waals surface area contributed by atoms with Crippen LogP contribution in [0, 0.1) is 6.92 Å². The van der Waals surface area contributed by atoms with E-state index in [1.165, 1.54) is 7.11 Å². The predicted octanol–water partition coefficient (Wildman–Crippen LogP) is 2.12. The summed E-state index contributed by atoms with van der Waals surface area (Å²) in [6, 6.07) is 8.96. The molecule has 1 aromatic carbocycles. The summed E-state index contributed by atoms with van der Waals surface area (Å²) in [5.41, 5.74) is 1.82. The Hall–Kier alpha value is -2.76. The van der Waals surface area contributed by atoms with Gasteiger partial charge in [0.2, 0.25) is 0 Å². The number of esters is 1. The van der Waals surface area contributed by atoms with Crippen molar-refractivity contribution < 1.29 is 19.4 Å². The molecule has 2 N–H and O–H groups in total. The number of aromatic nitrogens is 1. The molecule has 6 heteroatoms. The molecule has 2 rings (SSSR count). The van der Waals surface area contributed by atoms with Crippen LogP contribution in [0.3, 0.4) is 0 Å². The zero-order chi connectivity index (χ0) is 17.5. The number of hydrogen-bond donors (Lipinski definition) is 2. The number of H-pyrrole nitrogens is 1. The van der Waals surface area contributed by atoms with E-state index in [1.807, 2.05) is 18.2 Å². The normalized spacial score (nSPS) is 10.4. The Morgan fingerprint density at radius 3 is 2.75 bits per heavy atom. The molecule has 0 aliphatic rings. The summed E-state index contributed by atoms with van der Waals surface area (Å²) in [6.45, 7) is 1.59. The Labute approximate surface area is 140 Å². The third-order valence-corrected chi connectivity index (χ3v) is 3.62. The number of hydrogen-bond acceptors (Lipinski definition) is 5. The van der Waals surface area contributed by atoms with Crippen LogP contribution in [-0.4, -0.2) is 29.8 Å². The van der Waals surface area contributed by atoms with E-state index < -0.39 is 5.97 Å². The van der Waals surface area contributed by atoms with Crippen molar-refractivity contribution in [1.29, 1.82) is 0 Å². The van der Waals surface area contributed by atoms with Gasteiger partial charge in [-0.15, -0.1) is 0 Å². The SMILES string of the molecule is COC(=O)COc1cccc(CCCc2c(O)cc(C)[nH]c2=O)c1. The number of aromatic amines is 1. The lowest BCUT2D eigenvalue weighted by Crippen LogP contribution is -2.14. The summed E-state index contributed by atoms with van der Waals surface area (Å²) in [7, 11) is 1.31.